The van der Waals surface area contributed by atoms with Crippen LogP contribution in [0.2, 0.25) is 0 Å². The Kier molecular flexibility index (Phi) is 9.48. The zero-order chi connectivity index (χ0) is 22.6. The van der Waals surface area contributed by atoms with Gasteiger partial charge in [0.15, 0.2) is 0 Å². The summed E-state index contributed by atoms with van der Waals surface area (Å²) in [5.41, 5.74) is 1.24. The van der Waals surface area contributed by atoms with Crippen molar-refractivity contribution in [2.45, 2.75) is 71.1 Å². The number of rotatable bonds is 13. The average Bonchev–Trinajstić information content (AvgIpc) is 2.82. The van der Waals surface area contributed by atoms with E-state index in [2.05, 4.69) is 17.2 Å². The van der Waals surface area contributed by atoms with Crippen LogP contribution >= 0.6 is 0 Å². The van der Waals surface area contributed by atoms with Crippen molar-refractivity contribution in [3.8, 4) is 11.5 Å². The Morgan fingerprint density at radius 3 is 2.22 bits per heavy atom. The molecule has 0 aliphatic rings. The molecule has 0 saturated heterocycles. The largest absolute Gasteiger partial charge is 0.403 e. The molecule has 3 aromatic rings. The van der Waals surface area contributed by atoms with Crippen LogP contribution in [0.4, 0.5) is 0 Å². The highest BCUT2D eigenvalue weighted by Crippen LogP contribution is 2.19. The molecule has 0 atom stereocenters. The summed E-state index contributed by atoms with van der Waals surface area (Å²) in [5.74, 6) is 0.116. The van der Waals surface area contributed by atoms with Gasteiger partial charge in [-0.25, -0.2) is 9.78 Å². The minimum atomic E-state index is -0.453. The Balaban J connectivity index is 1.47. The number of hydrogen-bond donors (Lipinski definition) is 1. The molecule has 2 aromatic carbocycles. The molecule has 1 heterocycles. The molecule has 0 radical (unpaired) electrons. The summed E-state index contributed by atoms with van der Waals surface area (Å²) in [6, 6.07) is 14.2. The lowest BCUT2D eigenvalue weighted by molar-refractivity contribution is 0.0953. The second kappa shape index (κ2) is 12.8. The first kappa shape index (κ1) is 23.7. The van der Waals surface area contributed by atoms with E-state index in [-0.39, 0.29) is 11.8 Å². The summed E-state index contributed by atoms with van der Waals surface area (Å²) in [5, 5.41) is 3.35. The summed E-state index contributed by atoms with van der Waals surface area (Å²) in [7, 11) is 0. The van der Waals surface area contributed by atoms with Gasteiger partial charge in [0.1, 0.15) is 0 Å². The summed E-state index contributed by atoms with van der Waals surface area (Å²) in [4.78, 5) is 29.3. The highest BCUT2D eigenvalue weighted by molar-refractivity contribution is 5.97. The first-order chi connectivity index (χ1) is 15.7. The van der Waals surface area contributed by atoms with Gasteiger partial charge in [-0.05, 0) is 36.8 Å². The van der Waals surface area contributed by atoms with Gasteiger partial charge >= 0.3 is 5.63 Å². The summed E-state index contributed by atoms with van der Waals surface area (Å²) < 4.78 is 5.35. The molecule has 0 spiro atoms. The van der Waals surface area contributed by atoms with Gasteiger partial charge in [-0.2, -0.15) is 0 Å². The topological polar surface area (TPSA) is 72.2 Å². The number of carbonyl (C=O) groups excluding carboxylic acids is 1. The van der Waals surface area contributed by atoms with Crippen LogP contribution in [0.5, 0.6) is 0 Å². The molecule has 0 saturated carbocycles. The van der Waals surface area contributed by atoms with Crippen LogP contribution in [0.25, 0.3) is 22.4 Å². The fraction of sp³-hybridized carbons (Fsp3) is 0.444. The van der Waals surface area contributed by atoms with Crippen LogP contribution in [-0.4, -0.2) is 17.4 Å². The third-order valence-electron chi connectivity index (χ3n) is 5.73. The quantitative estimate of drug-likeness (QED) is 0.311. The molecule has 5 nitrogen and oxygen atoms in total. The number of aromatic nitrogens is 1. The van der Waals surface area contributed by atoms with E-state index in [0.29, 0.717) is 23.0 Å². The van der Waals surface area contributed by atoms with Crippen molar-refractivity contribution in [2.75, 3.05) is 6.54 Å². The van der Waals surface area contributed by atoms with Gasteiger partial charge in [-0.1, -0.05) is 82.9 Å². The molecular weight excluding hydrogens is 400 g/mol. The van der Waals surface area contributed by atoms with E-state index < -0.39 is 5.63 Å². The number of hydrogen-bond acceptors (Lipinski definition) is 4. The van der Waals surface area contributed by atoms with Crippen LogP contribution in [0.1, 0.15) is 81.5 Å². The number of benzene rings is 2. The summed E-state index contributed by atoms with van der Waals surface area (Å²) >= 11 is 0. The maximum atomic E-state index is 12.5. The van der Waals surface area contributed by atoms with Crippen LogP contribution in [0, 0.1) is 0 Å². The first-order valence-corrected chi connectivity index (χ1v) is 12.0. The van der Waals surface area contributed by atoms with E-state index in [4.69, 9.17) is 4.42 Å². The van der Waals surface area contributed by atoms with Gasteiger partial charge in [0.2, 0.25) is 5.89 Å². The molecule has 5 heteroatoms. The van der Waals surface area contributed by atoms with E-state index in [9.17, 15) is 9.59 Å². The Hall–Kier alpha value is -2.95. The SMILES string of the molecule is CCCCCCCCCCCCNC(=O)c1ccc2c(=O)oc(-c3ccccc3)nc2c1. The first-order valence-electron chi connectivity index (χ1n) is 12.0. The normalized spacial score (nSPS) is 11.0. The Bertz CT molecular complexity index is 1040. The smallest absolute Gasteiger partial charge is 0.347 e. The molecule has 0 unspecified atom stereocenters. The Morgan fingerprint density at radius 2 is 1.53 bits per heavy atom. The van der Waals surface area contributed by atoms with Crippen LogP contribution < -0.4 is 10.9 Å². The number of unbranched alkanes of at least 4 members (excludes halogenated alkanes) is 9. The predicted molar refractivity (Wildman–Crippen MR) is 130 cm³/mol. The fourth-order valence-corrected chi connectivity index (χ4v) is 3.83. The zero-order valence-corrected chi connectivity index (χ0v) is 19.1. The van der Waals surface area contributed by atoms with E-state index >= 15 is 0 Å². The Morgan fingerprint density at radius 1 is 0.875 bits per heavy atom. The number of nitrogens with one attached hydrogen (secondary N) is 1. The Labute approximate surface area is 190 Å². The molecule has 170 valence electrons. The van der Waals surface area contributed by atoms with Crippen molar-refractivity contribution in [3.05, 3.63) is 64.5 Å². The number of carbonyl (C=O) groups is 1. The molecular formula is C27H34N2O3. The van der Waals surface area contributed by atoms with E-state index in [1.807, 2.05) is 30.3 Å². The maximum absolute atomic E-state index is 12.5. The standard InChI is InChI=1S/C27H34N2O3/c1-2-3-4-5-6-7-8-9-10-14-19-28-25(30)22-17-18-23-24(20-22)29-26(32-27(23)31)21-15-12-11-13-16-21/h11-13,15-18,20H,2-10,14,19H2,1H3,(H,28,30). The lowest BCUT2D eigenvalue weighted by atomic mass is 10.1. The van der Waals surface area contributed by atoms with Crippen molar-refractivity contribution in [2.24, 2.45) is 0 Å². The molecule has 0 aliphatic heterocycles. The minimum absolute atomic E-state index is 0.140. The second-order valence-electron chi connectivity index (χ2n) is 8.34. The highest BCUT2D eigenvalue weighted by Gasteiger charge is 2.12. The highest BCUT2D eigenvalue weighted by atomic mass is 16.4. The molecule has 0 aliphatic carbocycles. The summed E-state index contributed by atoms with van der Waals surface area (Å²) in [6.45, 7) is 2.91. The average molecular weight is 435 g/mol. The van der Waals surface area contributed by atoms with E-state index in [0.717, 1.165) is 18.4 Å². The van der Waals surface area contributed by atoms with Crippen molar-refractivity contribution in [1.82, 2.24) is 10.3 Å². The number of fused-ring (bicyclic) bond motifs is 1. The molecule has 1 N–H and O–H groups in total. The molecule has 3 rings (SSSR count). The van der Waals surface area contributed by atoms with Gasteiger partial charge in [0.25, 0.3) is 5.91 Å². The van der Waals surface area contributed by atoms with Crippen LogP contribution in [0.15, 0.2) is 57.7 Å². The predicted octanol–water partition coefficient (Wildman–Crippen LogP) is 6.51. The van der Waals surface area contributed by atoms with Crippen molar-refractivity contribution in [1.29, 1.82) is 0 Å². The maximum Gasteiger partial charge on any atom is 0.347 e. The second-order valence-corrected chi connectivity index (χ2v) is 8.34. The monoisotopic (exact) mass is 434 g/mol. The van der Waals surface area contributed by atoms with Gasteiger partial charge in [0, 0.05) is 17.7 Å². The fourth-order valence-electron chi connectivity index (χ4n) is 3.83. The minimum Gasteiger partial charge on any atom is -0.403 e. The lowest BCUT2D eigenvalue weighted by Crippen LogP contribution is -2.24. The van der Waals surface area contributed by atoms with Crippen LogP contribution in [0.3, 0.4) is 0 Å². The van der Waals surface area contributed by atoms with Crippen molar-refractivity contribution >= 4 is 16.8 Å². The van der Waals surface area contributed by atoms with Gasteiger partial charge in [0.05, 0.1) is 10.9 Å². The third-order valence-corrected chi connectivity index (χ3v) is 5.73. The number of nitrogens with zero attached hydrogens (tertiary/aromatic N) is 1. The zero-order valence-electron chi connectivity index (χ0n) is 19.1. The van der Waals surface area contributed by atoms with Crippen molar-refractivity contribution in [3.63, 3.8) is 0 Å². The van der Waals surface area contributed by atoms with Crippen LogP contribution in [-0.2, 0) is 0 Å². The van der Waals surface area contributed by atoms with Gasteiger partial charge in [-0.15, -0.1) is 0 Å². The summed E-state index contributed by atoms with van der Waals surface area (Å²) in [6.07, 6.45) is 12.7. The van der Waals surface area contributed by atoms with Gasteiger partial charge in [-0.3, -0.25) is 4.79 Å². The third kappa shape index (κ3) is 7.04. The van der Waals surface area contributed by atoms with Crippen molar-refractivity contribution < 1.29 is 9.21 Å². The molecule has 1 aromatic heterocycles. The molecule has 0 bridgehead atoms. The molecule has 0 fully saturated rings. The van der Waals surface area contributed by atoms with E-state index in [1.54, 1.807) is 18.2 Å². The molecule has 32 heavy (non-hydrogen) atoms. The molecule has 1 amide bonds. The number of amides is 1. The lowest BCUT2D eigenvalue weighted by Gasteiger charge is -2.07. The van der Waals surface area contributed by atoms with E-state index in [1.165, 1.54) is 51.4 Å². The van der Waals surface area contributed by atoms with Gasteiger partial charge < -0.3 is 9.73 Å².